The van der Waals surface area contributed by atoms with E-state index >= 15 is 0 Å². The van der Waals surface area contributed by atoms with Gasteiger partial charge in [0.1, 0.15) is 5.82 Å². The molecule has 134 valence electrons. The number of nitrogens with zero attached hydrogens (tertiary/aromatic N) is 3. The Morgan fingerprint density at radius 2 is 1.93 bits per heavy atom. The maximum Gasteiger partial charge on any atom is 0.251 e. The summed E-state index contributed by atoms with van der Waals surface area (Å²) in [7, 11) is 0. The van der Waals surface area contributed by atoms with Gasteiger partial charge >= 0.3 is 0 Å². The lowest BCUT2D eigenvalue weighted by molar-refractivity contribution is 0.0947. The molecule has 8 heteroatoms. The zero-order chi connectivity index (χ0) is 18.6. The van der Waals surface area contributed by atoms with Crippen molar-refractivity contribution in [2.75, 3.05) is 0 Å². The Bertz CT molecular complexity index is 1060. The van der Waals surface area contributed by atoms with Gasteiger partial charge in [-0.1, -0.05) is 18.2 Å². The molecule has 0 aliphatic rings. The molecule has 27 heavy (non-hydrogen) atoms. The third-order valence-corrected chi connectivity index (χ3v) is 4.57. The Balaban J connectivity index is 1.46. The standard InChI is InChI=1S/C19H13FN4O2S/c20-15-9-13(16-6-7-22-27-16)8-14(10-15)18(25)21-11-17-23-24-19(26-17)12-4-2-1-3-5-12/h1-10H,11H2,(H,21,25). The molecule has 1 amide bonds. The van der Waals surface area contributed by atoms with Crippen LogP contribution in [-0.4, -0.2) is 20.5 Å². The van der Waals surface area contributed by atoms with E-state index in [4.69, 9.17) is 4.42 Å². The van der Waals surface area contributed by atoms with E-state index in [1.807, 2.05) is 30.3 Å². The molecule has 0 radical (unpaired) electrons. The van der Waals surface area contributed by atoms with Crippen LogP contribution < -0.4 is 5.32 Å². The van der Waals surface area contributed by atoms with Crippen LogP contribution in [0.25, 0.3) is 21.9 Å². The van der Waals surface area contributed by atoms with Gasteiger partial charge in [-0.3, -0.25) is 4.79 Å². The first-order chi connectivity index (χ1) is 13.2. The number of benzene rings is 2. The summed E-state index contributed by atoms with van der Waals surface area (Å²) >= 11 is 1.23. The molecule has 4 rings (SSSR count). The number of nitrogens with one attached hydrogen (secondary N) is 1. The Morgan fingerprint density at radius 3 is 2.70 bits per heavy atom. The molecule has 0 saturated heterocycles. The lowest BCUT2D eigenvalue weighted by Crippen LogP contribution is -2.23. The predicted octanol–water partition coefficient (Wildman–Crippen LogP) is 3.93. The topological polar surface area (TPSA) is 80.9 Å². The molecule has 0 aliphatic heterocycles. The van der Waals surface area contributed by atoms with E-state index in [9.17, 15) is 9.18 Å². The van der Waals surface area contributed by atoms with Crippen molar-refractivity contribution in [2.45, 2.75) is 6.54 Å². The summed E-state index contributed by atoms with van der Waals surface area (Å²) in [6, 6.07) is 15.3. The number of carbonyl (C=O) groups is 1. The number of carbonyl (C=O) groups excluding carboxylic acids is 1. The second-order valence-electron chi connectivity index (χ2n) is 5.65. The van der Waals surface area contributed by atoms with Crippen molar-refractivity contribution in [2.24, 2.45) is 0 Å². The predicted molar refractivity (Wildman–Crippen MR) is 98.4 cm³/mol. The van der Waals surface area contributed by atoms with Gasteiger partial charge in [0.05, 0.1) is 11.4 Å². The van der Waals surface area contributed by atoms with E-state index in [0.29, 0.717) is 11.5 Å². The number of hydrogen-bond acceptors (Lipinski definition) is 6. The monoisotopic (exact) mass is 380 g/mol. The van der Waals surface area contributed by atoms with E-state index < -0.39 is 11.7 Å². The van der Waals surface area contributed by atoms with Crippen LogP contribution in [0.3, 0.4) is 0 Å². The highest BCUT2D eigenvalue weighted by atomic mass is 32.1. The number of halogens is 1. The van der Waals surface area contributed by atoms with Crippen molar-refractivity contribution < 1.29 is 13.6 Å². The van der Waals surface area contributed by atoms with Gasteiger partial charge in [-0.15, -0.1) is 10.2 Å². The summed E-state index contributed by atoms with van der Waals surface area (Å²) in [4.78, 5) is 13.2. The summed E-state index contributed by atoms with van der Waals surface area (Å²) in [5.41, 5.74) is 1.61. The molecule has 0 bridgehead atoms. The first kappa shape index (κ1) is 17.0. The molecular weight excluding hydrogens is 367 g/mol. The minimum Gasteiger partial charge on any atom is -0.419 e. The SMILES string of the molecule is O=C(NCc1nnc(-c2ccccc2)o1)c1cc(F)cc(-c2ccns2)c1. The van der Waals surface area contributed by atoms with Gasteiger partial charge in [-0.05, 0) is 53.5 Å². The van der Waals surface area contributed by atoms with Crippen LogP contribution in [0.5, 0.6) is 0 Å². The third kappa shape index (κ3) is 3.90. The molecule has 0 unspecified atom stereocenters. The lowest BCUT2D eigenvalue weighted by atomic mass is 10.1. The summed E-state index contributed by atoms with van der Waals surface area (Å²) in [6.45, 7) is 0.0467. The molecule has 1 N–H and O–H groups in total. The van der Waals surface area contributed by atoms with E-state index in [1.54, 1.807) is 18.3 Å². The average Bonchev–Trinajstić information content (AvgIpc) is 3.38. The zero-order valence-corrected chi connectivity index (χ0v) is 14.7. The highest BCUT2D eigenvalue weighted by molar-refractivity contribution is 7.09. The van der Waals surface area contributed by atoms with Gasteiger partial charge in [0, 0.05) is 17.3 Å². The van der Waals surface area contributed by atoms with Gasteiger partial charge in [-0.2, -0.15) is 0 Å². The molecule has 0 saturated carbocycles. The van der Waals surface area contributed by atoms with E-state index in [0.717, 1.165) is 10.4 Å². The smallest absolute Gasteiger partial charge is 0.251 e. The number of rotatable bonds is 5. The molecule has 2 aromatic heterocycles. The molecular formula is C19H13FN4O2S. The molecule has 0 fully saturated rings. The van der Waals surface area contributed by atoms with Crippen molar-refractivity contribution >= 4 is 17.4 Å². The van der Waals surface area contributed by atoms with Gasteiger partial charge in [0.25, 0.3) is 5.91 Å². The van der Waals surface area contributed by atoms with Crippen LogP contribution in [0.15, 0.2) is 65.2 Å². The number of hydrogen-bond donors (Lipinski definition) is 1. The van der Waals surface area contributed by atoms with E-state index in [-0.39, 0.29) is 18.0 Å². The third-order valence-electron chi connectivity index (χ3n) is 3.77. The highest BCUT2D eigenvalue weighted by Crippen LogP contribution is 2.25. The molecule has 2 aromatic carbocycles. The van der Waals surface area contributed by atoms with Crippen LogP contribution in [0, 0.1) is 5.82 Å². The largest absolute Gasteiger partial charge is 0.419 e. The van der Waals surface area contributed by atoms with Crippen molar-refractivity contribution in [3.63, 3.8) is 0 Å². The van der Waals surface area contributed by atoms with Gasteiger partial charge in [0.15, 0.2) is 0 Å². The van der Waals surface area contributed by atoms with Gasteiger partial charge in [-0.25, -0.2) is 8.76 Å². The number of amides is 1. The van der Waals surface area contributed by atoms with Crippen LogP contribution in [0.2, 0.25) is 0 Å². The highest BCUT2D eigenvalue weighted by Gasteiger charge is 2.13. The fourth-order valence-corrected chi connectivity index (χ4v) is 3.09. The minimum absolute atomic E-state index is 0.0467. The molecule has 0 spiro atoms. The van der Waals surface area contributed by atoms with Gasteiger partial charge in [0.2, 0.25) is 11.8 Å². The van der Waals surface area contributed by atoms with Crippen molar-refractivity contribution in [1.82, 2.24) is 19.9 Å². The van der Waals surface area contributed by atoms with Crippen molar-refractivity contribution in [3.8, 4) is 21.9 Å². The Kier molecular flexibility index (Phi) is 4.71. The molecule has 4 aromatic rings. The van der Waals surface area contributed by atoms with Crippen LogP contribution in [-0.2, 0) is 6.54 Å². The second-order valence-corrected chi connectivity index (χ2v) is 6.49. The first-order valence-electron chi connectivity index (χ1n) is 8.07. The molecule has 2 heterocycles. The average molecular weight is 380 g/mol. The van der Waals surface area contributed by atoms with E-state index in [1.165, 1.54) is 23.7 Å². The maximum absolute atomic E-state index is 13.9. The minimum atomic E-state index is -0.491. The molecule has 0 atom stereocenters. The maximum atomic E-state index is 13.9. The molecule has 6 nitrogen and oxygen atoms in total. The Labute approximate surface area is 157 Å². The Morgan fingerprint density at radius 1 is 1.07 bits per heavy atom. The summed E-state index contributed by atoms with van der Waals surface area (Å²) in [6.07, 6.45) is 1.63. The van der Waals surface area contributed by atoms with Crippen LogP contribution >= 0.6 is 11.5 Å². The zero-order valence-electron chi connectivity index (χ0n) is 13.9. The fourth-order valence-electron chi connectivity index (χ4n) is 2.51. The lowest BCUT2D eigenvalue weighted by Gasteiger charge is -2.05. The van der Waals surface area contributed by atoms with E-state index in [2.05, 4.69) is 19.9 Å². The van der Waals surface area contributed by atoms with Crippen LogP contribution in [0.4, 0.5) is 4.39 Å². The number of aromatic nitrogens is 3. The molecule has 0 aliphatic carbocycles. The quantitative estimate of drug-likeness (QED) is 0.567. The summed E-state index contributed by atoms with van der Waals surface area (Å²) in [5.74, 6) is -0.283. The Hall–Kier alpha value is -3.39. The van der Waals surface area contributed by atoms with Crippen molar-refractivity contribution in [3.05, 3.63) is 78.1 Å². The van der Waals surface area contributed by atoms with Crippen LogP contribution in [0.1, 0.15) is 16.2 Å². The first-order valence-corrected chi connectivity index (χ1v) is 8.84. The summed E-state index contributed by atoms with van der Waals surface area (Å²) < 4.78 is 23.4. The fraction of sp³-hybridized carbons (Fsp3) is 0.0526. The second kappa shape index (κ2) is 7.46. The normalized spacial score (nSPS) is 10.7. The van der Waals surface area contributed by atoms with Gasteiger partial charge < -0.3 is 9.73 Å². The summed E-state index contributed by atoms with van der Waals surface area (Å²) in [5, 5.41) is 10.6. The van der Waals surface area contributed by atoms with Crippen molar-refractivity contribution in [1.29, 1.82) is 0 Å².